The number of aromatic nitrogens is 2. The Kier molecular flexibility index (Phi) is 3.77. The monoisotopic (exact) mass is 369 g/mol. The Morgan fingerprint density at radius 2 is 1.77 bits per heavy atom. The summed E-state index contributed by atoms with van der Waals surface area (Å²) in [6, 6.07) is 14.8. The lowest BCUT2D eigenvalue weighted by Crippen LogP contribution is -2.42. The number of carboxylic acid groups (broad SMARTS) is 1. The second-order valence-corrected chi connectivity index (χ2v) is 7.76. The van der Waals surface area contributed by atoms with Gasteiger partial charge in [0, 0.05) is 6.42 Å². The van der Waals surface area contributed by atoms with Gasteiger partial charge in [-0.3, -0.25) is 4.31 Å². The summed E-state index contributed by atoms with van der Waals surface area (Å²) in [5.41, 5.74) is 1.80. The van der Waals surface area contributed by atoms with Crippen LogP contribution in [0.5, 0.6) is 0 Å². The highest BCUT2D eigenvalue weighted by Crippen LogP contribution is 2.36. The number of rotatable bonds is 4. The number of nitrogens with zero attached hydrogens (tertiary/aromatic N) is 3. The number of carbonyl (C=O) groups is 1. The van der Waals surface area contributed by atoms with E-state index in [4.69, 9.17) is 0 Å². The maximum absolute atomic E-state index is 13.2. The summed E-state index contributed by atoms with van der Waals surface area (Å²) < 4.78 is 28.8. The summed E-state index contributed by atoms with van der Waals surface area (Å²) in [7, 11) is -4.06. The molecule has 4 rings (SSSR count). The van der Waals surface area contributed by atoms with E-state index in [1.807, 2.05) is 18.2 Å². The van der Waals surface area contributed by atoms with Crippen LogP contribution in [0.25, 0.3) is 5.69 Å². The van der Waals surface area contributed by atoms with E-state index in [0.29, 0.717) is 16.9 Å². The molecule has 2 aromatic carbocycles. The van der Waals surface area contributed by atoms with Crippen LogP contribution < -0.4 is 4.31 Å². The molecular formula is C18H15N3O4S. The molecule has 0 aliphatic carbocycles. The number of fused-ring (bicyclic) bond motifs is 1. The standard InChI is InChI=1S/C18H15N3O4S/c22-18(23)17-10-13-6-4-5-9-16(13)21(17)26(24,25)15-11-19-20(12-15)14-7-2-1-3-8-14/h1-9,11-12,17H,10H2,(H,22,23)/t17-/m0/s1. The Hall–Kier alpha value is -3.13. The number of para-hydroxylation sites is 2. The predicted molar refractivity (Wildman–Crippen MR) is 94.8 cm³/mol. The van der Waals surface area contributed by atoms with Crippen molar-refractivity contribution >= 4 is 21.7 Å². The molecule has 0 bridgehead atoms. The Morgan fingerprint density at radius 1 is 1.08 bits per heavy atom. The van der Waals surface area contributed by atoms with E-state index in [1.54, 1.807) is 36.4 Å². The summed E-state index contributed by atoms with van der Waals surface area (Å²) in [6.07, 6.45) is 2.77. The molecule has 1 aliphatic rings. The third-order valence-electron chi connectivity index (χ3n) is 4.35. The number of sulfonamides is 1. The van der Waals surface area contributed by atoms with Gasteiger partial charge in [0.25, 0.3) is 10.0 Å². The highest BCUT2D eigenvalue weighted by atomic mass is 32.2. The molecular weight excluding hydrogens is 354 g/mol. The van der Waals surface area contributed by atoms with Crippen molar-refractivity contribution in [2.75, 3.05) is 4.31 Å². The lowest BCUT2D eigenvalue weighted by Gasteiger charge is -2.23. The minimum absolute atomic E-state index is 0.0516. The highest BCUT2D eigenvalue weighted by Gasteiger charge is 2.42. The van der Waals surface area contributed by atoms with Crippen LogP contribution in [0.4, 0.5) is 5.69 Å². The normalized spacial score (nSPS) is 16.5. The summed E-state index contributed by atoms with van der Waals surface area (Å²) in [4.78, 5) is 11.6. The second kappa shape index (κ2) is 5.99. The van der Waals surface area contributed by atoms with E-state index < -0.39 is 22.0 Å². The molecule has 7 nitrogen and oxygen atoms in total. The lowest BCUT2D eigenvalue weighted by atomic mass is 10.1. The van der Waals surface area contributed by atoms with Gasteiger partial charge in [0.15, 0.2) is 0 Å². The van der Waals surface area contributed by atoms with E-state index >= 15 is 0 Å². The van der Waals surface area contributed by atoms with Crippen molar-refractivity contribution < 1.29 is 18.3 Å². The number of aliphatic carboxylic acids is 1. The van der Waals surface area contributed by atoms with Crippen LogP contribution in [-0.2, 0) is 21.2 Å². The zero-order valence-corrected chi connectivity index (χ0v) is 14.4. The van der Waals surface area contributed by atoms with E-state index in [1.165, 1.54) is 17.1 Å². The van der Waals surface area contributed by atoms with E-state index in [-0.39, 0.29) is 11.3 Å². The van der Waals surface area contributed by atoms with Gasteiger partial charge in [-0.2, -0.15) is 5.10 Å². The molecule has 1 aromatic heterocycles. The fraction of sp³-hybridized carbons (Fsp3) is 0.111. The molecule has 1 aliphatic heterocycles. The Balaban J connectivity index is 1.79. The van der Waals surface area contributed by atoms with Crippen molar-refractivity contribution in [3.05, 3.63) is 72.6 Å². The van der Waals surface area contributed by atoms with Crippen molar-refractivity contribution in [3.8, 4) is 5.69 Å². The molecule has 0 fully saturated rings. The third kappa shape index (κ3) is 2.55. The summed E-state index contributed by atoms with van der Waals surface area (Å²) in [5, 5.41) is 13.6. The third-order valence-corrected chi connectivity index (χ3v) is 6.12. The number of hydrogen-bond acceptors (Lipinski definition) is 4. The van der Waals surface area contributed by atoms with Crippen molar-refractivity contribution in [2.24, 2.45) is 0 Å². The lowest BCUT2D eigenvalue weighted by molar-refractivity contribution is -0.138. The fourth-order valence-corrected chi connectivity index (χ4v) is 4.69. The molecule has 0 saturated heterocycles. The van der Waals surface area contributed by atoms with Crippen molar-refractivity contribution in [1.82, 2.24) is 9.78 Å². The number of hydrogen-bond donors (Lipinski definition) is 1. The Bertz CT molecular complexity index is 1080. The molecule has 0 saturated carbocycles. The first-order valence-electron chi connectivity index (χ1n) is 7.94. The van der Waals surface area contributed by atoms with Crippen LogP contribution in [0.2, 0.25) is 0 Å². The van der Waals surface area contributed by atoms with Gasteiger partial charge in [-0.1, -0.05) is 36.4 Å². The van der Waals surface area contributed by atoms with E-state index in [2.05, 4.69) is 5.10 Å². The van der Waals surface area contributed by atoms with Crippen LogP contribution >= 0.6 is 0 Å². The second-order valence-electron chi connectivity index (χ2n) is 5.94. The molecule has 2 heterocycles. The van der Waals surface area contributed by atoms with Gasteiger partial charge in [0.2, 0.25) is 0 Å². The molecule has 8 heteroatoms. The van der Waals surface area contributed by atoms with Gasteiger partial charge in [-0.15, -0.1) is 0 Å². The molecule has 0 radical (unpaired) electrons. The van der Waals surface area contributed by atoms with E-state index in [0.717, 1.165) is 4.31 Å². The smallest absolute Gasteiger partial charge is 0.327 e. The average Bonchev–Trinajstić information content (AvgIpc) is 3.28. The minimum Gasteiger partial charge on any atom is -0.480 e. The van der Waals surface area contributed by atoms with Gasteiger partial charge in [-0.25, -0.2) is 17.9 Å². The minimum atomic E-state index is -4.06. The molecule has 1 N–H and O–H groups in total. The summed E-state index contributed by atoms with van der Waals surface area (Å²) in [6.45, 7) is 0. The molecule has 0 unspecified atom stereocenters. The Labute approximate surface area is 150 Å². The largest absolute Gasteiger partial charge is 0.480 e. The quantitative estimate of drug-likeness (QED) is 0.760. The average molecular weight is 369 g/mol. The summed E-state index contributed by atoms with van der Waals surface area (Å²) >= 11 is 0. The van der Waals surface area contributed by atoms with Crippen LogP contribution in [0, 0.1) is 0 Å². The zero-order chi connectivity index (χ0) is 18.3. The van der Waals surface area contributed by atoms with Crippen LogP contribution in [0.1, 0.15) is 5.56 Å². The van der Waals surface area contributed by atoms with Crippen LogP contribution in [0.3, 0.4) is 0 Å². The number of anilines is 1. The summed E-state index contributed by atoms with van der Waals surface area (Å²) in [5.74, 6) is -1.18. The first-order chi connectivity index (χ1) is 12.5. The zero-order valence-electron chi connectivity index (χ0n) is 13.6. The predicted octanol–water partition coefficient (Wildman–Crippen LogP) is 2.08. The maximum atomic E-state index is 13.2. The molecule has 0 amide bonds. The van der Waals surface area contributed by atoms with Gasteiger partial charge < -0.3 is 5.11 Å². The SMILES string of the molecule is O=C(O)[C@@H]1Cc2ccccc2N1S(=O)(=O)c1cnn(-c2ccccc2)c1. The molecule has 1 atom stereocenters. The van der Waals surface area contributed by atoms with Gasteiger partial charge >= 0.3 is 5.97 Å². The van der Waals surface area contributed by atoms with Crippen molar-refractivity contribution in [2.45, 2.75) is 17.4 Å². The van der Waals surface area contributed by atoms with Crippen molar-refractivity contribution in [3.63, 3.8) is 0 Å². The first-order valence-corrected chi connectivity index (χ1v) is 9.38. The van der Waals surface area contributed by atoms with Crippen molar-refractivity contribution in [1.29, 1.82) is 0 Å². The molecule has 26 heavy (non-hydrogen) atoms. The van der Waals surface area contributed by atoms with Crippen LogP contribution in [0.15, 0.2) is 71.9 Å². The maximum Gasteiger partial charge on any atom is 0.327 e. The van der Waals surface area contributed by atoms with E-state index in [9.17, 15) is 18.3 Å². The molecule has 3 aromatic rings. The van der Waals surface area contributed by atoms with Gasteiger partial charge in [-0.05, 0) is 23.8 Å². The van der Waals surface area contributed by atoms with Gasteiger partial charge in [0.1, 0.15) is 10.9 Å². The first kappa shape index (κ1) is 16.3. The van der Waals surface area contributed by atoms with Crippen LogP contribution in [-0.4, -0.2) is 35.3 Å². The molecule has 132 valence electrons. The number of carboxylic acids is 1. The number of benzene rings is 2. The molecule has 0 spiro atoms. The Morgan fingerprint density at radius 3 is 2.50 bits per heavy atom. The highest BCUT2D eigenvalue weighted by molar-refractivity contribution is 7.93. The fourth-order valence-electron chi connectivity index (χ4n) is 3.12. The van der Waals surface area contributed by atoms with Gasteiger partial charge in [0.05, 0.1) is 23.8 Å². The topological polar surface area (TPSA) is 92.5 Å².